The number of benzene rings is 6. The lowest BCUT2D eigenvalue weighted by atomic mass is 9.77. The van der Waals surface area contributed by atoms with Gasteiger partial charge in [-0.15, -0.1) is 0 Å². The van der Waals surface area contributed by atoms with Gasteiger partial charge < -0.3 is 4.90 Å². The summed E-state index contributed by atoms with van der Waals surface area (Å²) in [7, 11) is 0. The number of aryl methyl sites for hydroxylation is 1. The van der Waals surface area contributed by atoms with Crippen LogP contribution >= 0.6 is 0 Å². The van der Waals surface area contributed by atoms with Crippen LogP contribution in [0.4, 0.5) is 17.1 Å². The Labute approximate surface area is 392 Å². The molecule has 11 rings (SSSR count). The first kappa shape index (κ1) is 42.2. The molecule has 0 atom stereocenters. The predicted octanol–water partition coefficient (Wildman–Crippen LogP) is 17.0. The number of aromatic nitrogens is 4. The summed E-state index contributed by atoms with van der Waals surface area (Å²) in [4.78, 5) is 12.7. The molecule has 3 aliphatic rings. The van der Waals surface area contributed by atoms with E-state index in [4.69, 9.17) is 9.97 Å². The highest BCUT2D eigenvalue weighted by Gasteiger charge is 2.28. The first-order valence-corrected chi connectivity index (χ1v) is 25.1. The largest absolute Gasteiger partial charge is 0.310 e. The molecule has 0 radical (unpaired) electrons. The van der Waals surface area contributed by atoms with E-state index < -0.39 is 0 Å². The average molecular weight is 866 g/mol. The molecule has 5 heteroatoms. The molecular weight excluding hydrogens is 803 g/mol. The number of hydrogen-bond donors (Lipinski definition) is 0. The summed E-state index contributed by atoms with van der Waals surface area (Å²) in [5.41, 5.74) is 16.5. The van der Waals surface area contributed by atoms with Gasteiger partial charge in [0, 0.05) is 53.0 Å². The summed E-state index contributed by atoms with van der Waals surface area (Å²) in [6, 6.07) is 51.8. The van der Waals surface area contributed by atoms with Crippen LogP contribution in [0, 0.1) is 6.92 Å². The summed E-state index contributed by atoms with van der Waals surface area (Å²) in [5.74, 6) is 3.65. The molecule has 2 aromatic heterocycles. The van der Waals surface area contributed by atoms with Crippen molar-refractivity contribution in [3.8, 4) is 45.3 Å². The van der Waals surface area contributed by atoms with Crippen LogP contribution in [0.25, 0.3) is 45.3 Å². The van der Waals surface area contributed by atoms with Crippen LogP contribution in [0.2, 0.25) is 0 Å². The summed E-state index contributed by atoms with van der Waals surface area (Å²) in [6.45, 7) is 2.32. The Bertz CT molecular complexity index is 2850. The van der Waals surface area contributed by atoms with Crippen LogP contribution in [-0.2, 0) is 0 Å². The topological polar surface area (TPSA) is 38.9 Å². The minimum atomic E-state index is 0.527. The highest BCUT2D eigenvalue weighted by atomic mass is 15.1. The highest BCUT2D eigenvalue weighted by molar-refractivity contribution is 5.81. The van der Waals surface area contributed by atoms with Crippen molar-refractivity contribution >= 4 is 17.1 Å². The Kier molecular flexibility index (Phi) is 12.3. The van der Waals surface area contributed by atoms with Crippen LogP contribution in [0.15, 0.2) is 164 Å². The second-order valence-corrected chi connectivity index (χ2v) is 19.4. The number of rotatable bonds is 11. The molecule has 0 spiro atoms. The second-order valence-electron chi connectivity index (χ2n) is 19.4. The molecular formula is C61H63N5. The van der Waals surface area contributed by atoms with Crippen molar-refractivity contribution in [2.45, 2.75) is 121 Å². The molecule has 3 fully saturated rings. The smallest absolute Gasteiger partial charge is 0.144 e. The van der Waals surface area contributed by atoms with E-state index >= 15 is 0 Å². The molecule has 332 valence electrons. The minimum Gasteiger partial charge on any atom is -0.310 e. The Balaban J connectivity index is 0.991. The van der Waals surface area contributed by atoms with Gasteiger partial charge in [-0.1, -0.05) is 154 Å². The van der Waals surface area contributed by atoms with Crippen LogP contribution in [0.3, 0.4) is 0 Å². The quantitative estimate of drug-likeness (QED) is 0.130. The van der Waals surface area contributed by atoms with Crippen LogP contribution in [0.5, 0.6) is 0 Å². The highest BCUT2D eigenvalue weighted by Crippen LogP contribution is 2.45. The maximum Gasteiger partial charge on any atom is 0.144 e. The molecule has 5 nitrogen and oxygen atoms in total. The third kappa shape index (κ3) is 8.57. The number of imidazole rings is 2. The van der Waals surface area contributed by atoms with E-state index in [1.165, 1.54) is 141 Å². The normalized spacial score (nSPS) is 16.4. The van der Waals surface area contributed by atoms with Gasteiger partial charge in [-0.25, -0.2) is 9.97 Å². The maximum absolute atomic E-state index is 5.19. The van der Waals surface area contributed by atoms with Gasteiger partial charge in [0.2, 0.25) is 0 Å². The molecule has 0 amide bonds. The zero-order valence-electron chi connectivity index (χ0n) is 38.7. The Morgan fingerprint density at radius 2 is 0.879 bits per heavy atom. The summed E-state index contributed by atoms with van der Waals surface area (Å²) < 4.78 is 4.80. The Morgan fingerprint density at radius 3 is 1.44 bits per heavy atom. The van der Waals surface area contributed by atoms with Crippen LogP contribution in [-0.4, -0.2) is 19.1 Å². The Hall–Kier alpha value is -6.46. The fourth-order valence-corrected chi connectivity index (χ4v) is 11.9. The first-order valence-electron chi connectivity index (χ1n) is 25.1. The lowest BCUT2D eigenvalue weighted by Gasteiger charge is -2.31. The van der Waals surface area contributed by atoms with E-state index in [9.17, 15) is 0 Å². The number of anilines is 3. The molecule has 2 heterocycles. The molecule has 0 bridgehead atoms. The summed E-state index contributed by atoms with van der Waals surface area (Å²) >= 11 is 0. The van der Waals surface area contributed by atoms with Gasteiger partial charge in [0.15, 0.2) is 0 Å². The van der Waals surface area contributed by atoms with Crippen molar-refractivity contribution in [2.75, 3.05) is 4.90 Å². The lowest BCUT2D eigenvalue weighted by Crippen LogP contribution is -2.15. The van der Waals surface area contributed by atoms with Gasteiger partial charge in [0.25, 0.3) is 0 Å². The molecule has 0 saturated heterocycles. The SMILES string of the molecule is Cc1cc(C2CCCCC2)c(-n2ccnc2-c2cccc(N(c3ccccc3)c3cccc(-c4nccn4-c4ccc(-c5ccccc5)cc4C4CCCCC4)c3)c2)c(C2CCCCC2)c1. The van der Waals surface area contributed by atoms with Gasteiger partial charge in [-0.3, -0.25) is 9.13 Å². The van der Waals surface area contributed by atoms with E-state index in [2.05, 4.69) is 173 Å². The molecule has 3 saturated carbocycles. The van der Waals surface area contributed by atoms with Crippen LogP contribution in [0.1, 0.15) is 136 Å². The van der Waals surface area contributed by atoms with Gasteiger partial charge >= 0.3 is 0 Å². The second kappa shape index (κ2) is 19.2. The maximum atomic E-state index is 5.19. The third-order valence-corrected chi connectivity index (χ3v) is 15.1. The van der Waals surface area contributed by atoms with Crippen molar-refractivity contribution in [3.05, 3.63) is 187 Å². The molecule has 3 aliphatic carbocycles. The van der Waals surface area contributed by atoms with Gasteiger partial charge in [-0.05, 0) is 140 Å². The molecule has 66 heavy (non-hydrogen) atoms. The minimum absolute atomic E-state index is 0.527. The van der Waals surface area contributed by atoms with E-state index in [0.29, 0.717) is 17.8 Å². The van der Waals surface area contributed by atoms with E-state index in [1.54, 1.807) is 0 Å². The van der Waals surface area contributed by atoms with Crippen molar-refractivity contribution in [1.82, 2.24) is 19.1 Å². The predicted molar refractivity (Wildman–Crippen MR) is 274 cm³/mol. The zero-order chi connectivity index (χ0) is 44.2. The average Bonchev–Trinajstić information content (AvgIpc) is 4.09. The fourth-order valence-electron chi connectivity index (χ4n) is 11.9. The van der Waals surface area contributed by atoms with Gasteiger partial charge in [0.1, 0.15) is 11.6 Å². The van der Waals surface area contributed by atoms with Crippen LogP contribution < -0.4 is 4.90 Å². The Morgan fingerprint density at radius 1 is 0.409 bits per heavy atom. The molecule has 0 N–H and O–H groups in total. The van der Waals surface area contributed by atoms with E-state index in [0.717, 1.165) is 39.8 Å². The molecule has 6 aromatic carbocycles. The van der Waals surface area contributed by atoms with E-state index in [-0.39, 0.29) is 0 Å². The fraction of sp³-hybridized carbons (Fsp3) is 0.311. The number of hydrogen-bond acceptors (Lipinski definition) is 3. The standard InChI is InChI=1S/C61H63N5/c1-44-39-56(47-23-11-4-12-24-47)59(57(40-44)48-25-13-5-14-26-48)65-38-36-63-61(65)51-28-18-32-54(42-51)66(52-29-15-6-16-30-52)53-31-17-27-50(41-53)60-62-35-37-64(60)58-34-33-49(45-19-7-2-8-20-45)43-55(58)46-21-9-3-10-22-46/h2,6-8,15-20,27-43,46-48H,3-5,9-14,21-26H2,1H3. The summed E-state index contributed by atoms with van der Waals surface area (Å²) in [6.07, 6.45) is 27.8. The van der Waals surface area contributed by atoms with Crippen molar-refractivity contribution in [1.29, 1.82) is 0 Å². The first-order chi connectivity index (χ1) is 32.7. The van der Waals surface area contributed by atoms with E-state index in [1.807, 2.05) is 12.4 Å². The lowest BCUT2D eigenvalue weighted by molar-refractivity contribution is 0.433. The van der Waals surface area contributed by atoms with Crippen molar-refractivity contribution < 1.29 is 0 Å². The number of para-hydroxylation sites is 1. The molecule has 8 aromatic rings. The third-order valence-electron chi connectivity index (χ3n) is 15.1. The number of nitrogens with zero attached hydrogens (tertiary/aromatic N) is 5. The van der Waals surface area contributed by atoms with Gasteiger partial charge in [0.05, 0.1) is 11.4 Å². The van der Waals surface area contributed by atoms with Gasteiger partial charge in [-0.2, -0.15) is 0 Å². The zero-order valence-corrected chi connectivity index (χ0v) is 38.7. The summed E-state index contributed by atoms with van der Waals surface area (Å²) in [5, 5.41) is 0. The monoisotopic (exact) mass is 866 g/mol. The van der Waals surface area contributed by atoms with Crippen molar-refractivity contribution in [2.24, 2.45) is 0 Å². The molecule has 0 unspecified atom stereocenters. The van der Waals surface area contributed by atoms with Crippen molar-refractivity contribution in [3.63, 3.8) is 0 Å². The molecule has 0 aliphatic heterocycles.